The lowest BCUT2D eigenvalue weighted by atomic mass is 10.2. The molecule has 8 heteroatoms. The van der Waals surface area contributed by atoms with Crippen molar-refractivity contribution in [1.82, 2.24) is 9.46 Å². The van der Waals surface area contributed by atoms with Crippen molar-refractivity contribution >= 4 is 21.6 Å². The minimum Gasteiger partial charge on any atom is -0.360 e. The van der Waals surface area contributed by atoms with Gasteiger partial charge in [-0.1, -0.05) is 23.4 Å². The summed E-state index contributed by atoms with van der Waals surface area (Å²) >= 11 is 0. The number of aryl methyl sites for hydroxylation is 2. The molecule has 1 fully saturated rings. The molecule has 1 N–H and O–H groups in total. The standard InChI is InChI=1S/C16H19N3O4S/c1-11-15(12(2)23-18-11)24(21,22)19-10-6-9-14(19)16(20)17-13-7-4-3-5-8-13/h3-5,7-8,14H,6,9-10H2,1-2H3,(H,17,20)/t14-/m0/s1. The molecule has 1 atom stereocenters. The van der Waals surface area contributed by atoms with Crippen LogP contribution in [0.15, 0.2) is 39.8 Å². The monoisotopic (exact) mass is 349 g/mol. The van der Waals surface area contributed by atoms with Crippen LogP contribution in [-0.2, 0) is 14.8 Å². The minimum absolute atomic E-state index is 0.0573. The predicted molar refractivity (Wildman–Crippen MR) is 88.0 cm³/mol. The number of carbonyl (C=O) groups is 1. The van der Waals surface area contributed by atoms with Gasteiger partial charge in [-0.3, -0.25) is 4.79 Å². The second-order valence-corrected chi connectivity index (χ2v) is 7.61. The van der Waals surface area contributed by atoms with Crippen molar-refractivity contribution in [2.24, 2.45) is 0 Å². The number of hydrogen-bond acceptors (Lipinski definition) is 5. The van der Waals surface area contributed by atoms with E-state index < -0.39 is 16.1 Å². The molecule has 2 heterocycles. The first-order valence-corrected chi connectivity index (χ1v) is 9.16. The van der Waals surface area contributed by atoms with Crippen LogP contribution >= 0.6 is 0 Å². The number of carbonyl (C=O) groups excluding carboxylic acids is 1. The van der Waals surface area contributed by atoms with Crippen molar-refractivity contribution in [3.05, 3.63) is 41.8 Å². The van der Waals surface area contributed by atoms with E-state index in [9.17, 15) is 13.2 Å². The van der Waals surface area contributed by atoms with E-state index in [1.165, 1.54) is 4.31 Å². The number of rotatable bonds is 4. The molecule has 3 rings (SSSR count). The van der Waals surface area contributed by atoms with Gasteiger partial charge in [-0.15, -0.1) is 0 Å². The van der Waals surface area contributed by atoms with Gasteiger partial charge in [0.15, 0.2) is 5.76 Å². The average molecular weight is 349 g/mol. The van der Waals surface area contributed by atoms with Crippen molar-refractivity contribution in [3.63, 3.8) is 0 Å². The third-order valence-electron chi connectivity index (χ3n) is 4.08. The smallest absolute Gasteiger partial charge is 0.249 e. The molecule has 1 saturated heterocycles. The summed E-state index contributed by atoms with van der Waals surface area (Å²) in [6, 6.07) is 8.26. The Balaban J connectivity index is 1.86. The van der Waals surface area contributed by atoms with E-state index in [4.69, 9.17) is 4.52 Å². The van der Waals surface area contributed by atoms with E-state index in [2.05, 4.69) is 10.5 Å². The summed E-state index contributed by atoms with van der Waals surface area (Å²) in [7, 11) is -3.83. The highest BCUT2D eigenvalue weighted by Crippen LogP contribution is 2.30. The van der Waals surface area contributed by atoms with Gasteiger partial charge in [-0.2, -0.15) is 4.31 Å². The molecule has 0 spiro atoms. The first kappa shape index (κ1) is 16.7. The lowest BCUT2D eigenvalue weighted by Gasteiger charge is -2.23. The highest BCUT2D eigenvalue weighted by atomic mass is 32.2. The molecule has 0 radical (unpaired) electrons. The molecule has 2 aromatic rings. The largest absolute Gasteiger partial charge is 0.360 e. The Bertz CT molecular complexity index is 826. The number of anilines is 1. The fourth-order valence-corrected chi connectivity index (χ4v) is 4.95. The van der Waals surface area contributed by atoms with E-state index in [1.54, 1.807) is 26.0 Å². The predicted octanol–water partition coefficient (Wildman–Crippen LogP) is 2.08. The molecule has 1 aliphatic rings. The number of hydrogen-bond donors (Lipinski definition) is 1. The molecule has 0 unspecified atom stereocenters. The van der Waals surface area contributed by atoms with Gasteiger partial charge in [-0.05, 0) is 38.8 Å². The molecular weight excluding hydrogens is 330 g/mol. The third-order valence-corrected chi connectivity index (χ3v) is 6.24. The molecule has 24 heavy (non-hydrogen) atoms. The molecule has 0 aliphatic carbocycles. The Morgan fingerprint density at radius 1 is 1.29 bits per heavy atom. The Labute approximate surface area is 140 Å². The van der Waals surface area contributed by atoms with Gasteiger partial charge >= 0.3 is 0 Å². The maximum absolute atomic E-state index is 13.0. The summed E-state index contributed by atoms with van der Waals surface area (Å²) in [5, 5.41) is 6.49. The molecule has 1 aromatic heterocycles. The van der Waals surface area contributed by atoms with Crippen LogP contribution < -0.4 is 5.32 Å². The van der Waals surface area contributed by atoms with Gasteiger partial charge < -0.3 is 9.84 Å². The summed E-state index contributed by atoms with van der Waals surface area (Å²) in [4.78, 5) is 12.6. The van der Waals surface area contributed by atoms with Crippen molar-refractivity contribution in [2.45, 2.75) is 37.6 Å². The lowest BCUT2D eigenvalue weighted by molar-refractivity contribution is -0.119. The number of nitrogens with one attached hydrogen (secondary N) is 1. The minimum atomic E-state index is -3.83. The highest BCUT2D eigenvalue weighted by molar-refractivity contribution is 7.89. The Hall–Kier alpha value is -2.19. The summed E-state index contributed by atoms with van der Waals surface area (Å²) in [6.07, 6.45) is 1.12. The third kappa shape index (κ3) is 2.94. The van der Waals surface area contributed by atoms with Crippen molar-refractivity contribution in [3.8, 4) is 0 Å². The SMILES string of the molecule is Cc1noc(C)c1S(=O)(=O)N1CCC[C@H]1C(=O)Nc1ccccc1. The Morgan fingerprint density at radius 3 is 2.62 bits per heavy atom. The second-order valence-electron chi connectivity index (χ2n) is 5.78. The van der Waals surface area contributed by atoms with Crippen LogP contribution in [0.25, 0.3) is 0 Å². The van der Waals surface area contributed by atoms with Crippen LogP contribution in [-0.4, -0.2) is 36.4 Å². The maximum Gasteiger partial charge on any atom is 0.249 e. The van der Waals surface area contributed by atoms with Crippen molar-refractivity contribution < 1.29 is 17.7 Å². The zero-order chi connectivity index (χ0) is 17.3. The van der Waals surface area contributed by atoms with Gasteiger partial charge in [0.25, 0.3) is 0 Å². The van der Waals surface area contributed by atoms with Gasteiger partial charge in [0.1, 0.15) is 16.6 Å². The van der Waals surface area contributed by atoms with E-state index in [1.807, 2.05) is 18.2 Å². The first-order valence-electron chi connectivity index (χ1n) is 7.72. The zero-order valence-corrected chi connectivity index (χ0v) is 14.3. The number of sulfonamides is 1. The molecule has 0 saturated carbocycles. The summed E-state index contributed by atoms with van der Waals surface area (Å²) in [5.41, 5.74) is 0.950. The topological polar surface area (TPSA) is 92.5 Å². The normalized spacial score (nSPS) is 18.7. The number of amides is 1. The molecule has 128 valence electrons. The number of benzene rings is 1. The van der Waals surface area contributed by atoms with Crippen LogP contribution in [0.3, 0.4) is 0 Å². The number of para-hydroxylation sites is 1. The number of nitrogens with zero attached hydrogens (tertiary/aromatic N) is 2. The zero-order valence-electron chi connectivity index (χ0n) is 13.5. The van der Waals surface area contributed by atoms with E-state index in [-0.39, 0.29) is 16.6 Å². The quantitative estimate of drug-likeness (QED) is 0.912. The first-order chi connectivity index (χ1) is 11.4. The average Bonchev–Trinajstić information content (AvgIpc) is 3.16. The fourth-order valence-electron chi connectivity index (χ4n) is 3.00. The van der Waals surface area contributed by atoms with Crippen LogP contribution in [0.5, 0.6) is 0 Å². The fraction of sp³-hybridized carbons (Fsp3) is 0.375. The Morgan fingerprint density at radius 2 is 2.00 bits per heavy atom. The molecule has 1 aromatic carbocycles. The van der Waals surface area contributed by atoms with Crippen LogP contribution in [0.1, 0.15) is 24.3 Å². The van der Waals surface area contributed by atoms with Crippen LogP contribution in [0, 0.1) is 13.8 Å². The van der Waals surface area contributed by atoms with Crippen LogP contribution in [0.2, 0.25) is 0 Å². The summed E-state index contributed by atoms with van der Waals surface area (Å²) < 4.78 is 32.1. The van der Waals surface area contributed by atoms with E-state index >= 15 is 0 Å². The van der Waals surface area contributed by atoms with Crippen LogP contribution in [0.4, 0.5) is 5.69 Å². The van der Waals surface area contributed by atoms with Crippen molar-refractivity contribution in [1.29, 1.82) is 0 Å². The molecular formula is C16H19N3O4S. The molecule has 1 amide bonds. The summed E-state index contributed by atoms with van der Waals surface area (Å²) in [6.45, 7) is 3.44. The van der Waals surface area contributed by atoms with Gasteiger partial charge in [0, 0.05) is 12.2 Å². The summed E-state index contributed by atoms with van der Waals surface area (Å²) in [5.74, 6) is -0.0874. The molecule has 1 aliphatic heterocycles. The van der Waals surface area contributed by atoms with E-state index in [0.717, 1.165) is 0 Å². The lowest BCUT2D eigenvalue weighted by Crippen LogP contribution is -2.43. The van der Waals surface area contributed by atoms with E-state index in [0.29, 0.717) is 30.8 Å². The second kappa shape index (κ2) is 6.37. The van der Waals surface area contributed by atoms with Crippen molar-refractivity contribution in [2.75, 3.05) is 11.9 Å². The molecule has 7 nitrogen and oxygen atoms in total. The molecule has 0 bridgehead atoms. The van der Waals surface area contributed by atoms with Gasteiger partial charge in [-0.25, -0.2) is 8.42 Å². The Kier molecular flexibility index (Phi) is 4.42. The van der Waals surface area contributed by atoms with Gasteiger partial charge in [0.05, 0.1) is 0 Å². The number of aromatic nitrogens is 1. The maximum atomic E-state index is 13.0. The van der Waals surface area contributed by atoms with Gasteiger partial charge in [0.2, 0.25) is 15.9 Å². The highest BCUT2D eigenvalue weighted by Gasteiger charge is 2.41.